The van der Waals surface area contributed by atoms with Crippen LogP contribution in [0.25, 0.3) is 16.9 Å². The minimum atomic E-state index is -0.587. The Balaban J connectivity index is 2.09. The Morgan fingerprint density at radius 3 is 2.79 bits per heavy atom. The van der Waals surface area contributed by atoms with Gasteiger partial charge in [0.15, 0.2) is 0 Å². The summed E-state index contributed by atoms with van der Waals surface area (Å²) in [5.41, 5.74) is 1.82. The predicted molar refractivity (Wildman–Crippen MR) is 65.4 cm³/mol. The number of hydrogen-bond acceptors (Lipinski definition) is 6. The summed E-state index contributed by atoms with van der Waals surface area (Å²) in [7, 11) is 1.28. The molecule has 7 heteroatoms. The minimum Gasteiger partial charge on any atom is -0.463 e. The van der Waals surface area contributed by atoms with Crippen LogP contribution in [0.3, 0.4) is 0 Å². The number of pyridine rings is 1. The molecule has 0 radical (unpaired) electrons. The van der Waals surface area contributed by atoms with E-state index in [1.165, 1.54) is 11.6 Å². The van der Waals surface area contributed by atoms with Crippen LogP contribution in [0.5, 0.6) is 0 Å². The minimum absolute atomic E-state index is 0.0121. The number of rotatable bonds is 2. The number of methoxy groups -OCH3 is 1. The summed E-state index contributed by atoms with van der Waals surface area (Å²) in [4.78, 5) is 23.4. The molecule has 94 valence electrons. The Hall–Kier alpha value is -2.83. The van der Waals surface area contributed by atoms with E-state index in [0.717, 1.165) is 11.1 Å². The van der Waals surface area contributed by atoms with Gasteiger partial charge in [0.2, 0.25) is 0 Å². The van der Waals surface area contributed by atoms with Gasteiger partial charge in [0.1, 0.15) is 0 Å². The third kappa shape index (κ3) is 2.01. The van der Waals surface area contributed by atoms with Gasteiger partial charge in [-0.3, -0.25) is 4.98 Å². The highest BCUT2D eigenvalue weighted by Gasteiger charge is 2.13. The standard InChI is InChI=1S/C12H9N5O2/c1-19-11(18)10-15-12-14-6-9(7-17(12)16-10)8-2-4-13-5-3-8/h2-7H,1H3. The van der Waals surface area contributed by atoms with Crippen LogP contribution < -0.4 is 0 Å². The highest BCUT2D eigenvalue weighted by atomic mass is 16.5. The van der Waals surface area contributed by atoms with Crippen molar-refractivity contribution in [2.75, 3.05) is 7.11 Å². The fourth-order valence-corrected chi connectivity index (χ4v) is 1.65. The van der Waals surface area contributed by atoms with E-state index < -0.39 is 5.97 Å². The van der Waals surface area contributed by atoms with Crippen LogP contribution >= 0.6 is 0 Å². The zero-order valence-corrected chi connectivity index (χ0v) is 10.0. The first-order valence-electron chi connectivity index (χ1n) is 5.49. The van der Waals surface area contributed by atoms with Crippen LogP contribution in [-0.2, 0) is 4.74 Å². The highest BCUT2D eigenvalue weighted by Crippen LogP contribution is 2.16. The van der Waals surface area contributed by atoms with Crippen molar-refractivity contribution in [3.8, 4) is 11.1 Å². The maximum absolute atomic E-state index is 11.3. The Labute approximate surface area is 107 Å². The van der Waals surface area contributed by atoms with Crippen LogP contribution in [0.1, 0.15) is 10.6 Å². The third-order valence-corrected chi connectivity index (χ3v) is 2.58. The highest BCUT2D eigenvalue weighted by molar-refractivity contribution is 5.85. The van der Waals surface area contributed by atoms with Gasteiger partial charge in [-0.1, -0.05) is 0 Å². The first-order chi connectivity index (χ1) is 9.28. The van der Waals surface area contributed by atoms with Crippen molar-refractivity contribution in [1.29, 1.82) is 0 Å². The number of carbonyl (C=O) groups is 1. The molecule has 0 aliphatic carbocycles. The second-order valence-electron chi connectivity index (χ2n) is 3.75. The van der Waals surface area contributed by atoms with Gasteiger partial charge in [0, 0.05) is 30.4 Å². The first kappa shape index (κ1) is 11.3. The van der Waals surface area contributed by atoms with Crippen molar-refractivity contribution < 1.29 is 9.53 Å². The molecule has 0 aromatic carbocycles. The van der Waals surface area contributed by atoms with Gasteiger partial charge in [-0.05, 0) is 17.7 Å². The number of nitrogens with zero attached hydrogens (tertiary/aromatic N) is 5. The molecule has 0 N–H and O–H groups in total. The Kier molecular flexibility index (Phi) is 2.64. The maximum Gasteiger partial charge on any atom is 0.378 e. The van der Waals surface area contributed by atoms with Crippen molar-refractivity contribution in [1.82, 2.24) is 24.6 Å². The Bertz CT molecular complexity index is 738. The largest absolute Gasteiger partial charge is 0.463 e. The SMILES string of the molecule is COC(=O)c1nc2ncc(-c3ccncc3)cn2n1. The second-order valence-corrected chi connectivity index (χ2v) is 3.75. The second kappa shape index (κ2) is 4.45. The maximum atomic E-state index is 11.3. The van der Waals surface area contributed by atoms with Crippen LogP contribution in [0.15, 0.2) is 36.9 Å². The van der Waals surface area contributed by atoms with Gasteiger partial charge in [-0.25, -0.2) is 14.3 Å². The van der Waals surface area contributed by atoms with Crippen LogP contribution in [0.4, 0.5) is 0 Å². The smallest absolute Gasteiger partial charge is 0.378 e. The number of aromatic nitrogens is 5. The molecule has 0 atom stereocenters. The van der Waals surface area contributed by atoms with E-state index in [0.29, 0.717) is 5.78 Å². The lowest BCUT2D eigenvalue weighted by Crippen LogP contribution is -2.03. The molecule has 0 unspecified atom stereocenters. The van der Waals surface area contributed by atoms with Crippen LogP contribution in [0.2, 0.25) is 0 Å². The molecule has 0 spiro atoms. The molecular formula is C12H9N5O2. The van der Waals surface area contributed by atoms with Crippen molar-refractivity contribution >= 4 is 11.7 Å². The average Bonchev–Trinajstić information content (AvgIpc) is 2.90. The zero-order chi connectivity index (χ0) is 13.2. The molecule has 0 saturated carbocycles. The molecule has 3 aromatic rings. The normalized spacial score (nSPS) is 10.6. The summed E-state index contributed by atoms with van der Waals surface area (Å²) in [5, 5.41) is 4.02. The van der Waals surface area contributed by atoms with Gasteiger partial charge in [-0.15, -0.1) is 5.10 Å². The van der Waals surface area contributed by atoms with Gasteiger partial charge in [0.25, 0.3) is 11.6 Å². The fraction of sp³-hybridized carbons (Fsp3) is 0.0833. The summed E-state index contributed by atoms with van der Waals surface area (Å²) < 4.78 is 6.01. The number of fused-ring (bicyclic) bond motifs is 1. The topological polar surface area (TPSA) is 82.3 Å². The molecule has 0 saturated heterocycles. The van der Waals surface area contributed by atoms with E-state index in [-0.39, 0.29) is 5.82 Å². The molecule has 7 nitrogen and oxygen atoms in total. The third-order valence-electron chi connectivity index (χ3n) is 2.58. The summed E-state index contributed by atoms with van der Waals surface area (Å²) in [5.74, 6) is -0.254. The van der Waals surface area contributed by atoms with Gasteiger partial charge in [-0.2, -0.15) is 4.98 Å². The van der Waals surface area contributed by atoms with E-state index in [2.05, 4.69) is 24.8 Å². The van der Waals surface area contributed by atoms with Crippen LogP contribution in [-0.4, -0.2) is 37.6 Å². The number of carbonyl (C=O) groups excluding carboxylic acids is 1. The lowest BCUT2D eigenvalue weighted by Gasteiger charge is -1.99. The van der Waals surface area contributed by atoms with Crippen molar-refractivity contribution in [3.05, 3.63) is 42.7 Å². The quantitative estimate of drug-likeness (QED) is 0.635. The van der Waals surface area contributed by atoms with Crippen molar-refractivity contribution in [2.45, 2.75) is 0 Å². The number of hydrogen-bond donors (Lipinski definition) is 0. The van der Waals surface area contributed by atoms with E-state index in [9.17, 15) is 4.79 Å². The summed E-state index contributed by atoms with van der Waals surface area (Å²) in [6.45, 7) is 0. The molecule has 0 bridgehead atoms. The first-order valence-corrected chi connectivity index (χ1v) is 5.49. The molecule has 3 aromatic heterocycles. The predicted octanol–water partition coefficient (Wildman–Crippen LogP) is 0.973. The molecule has 3 heterocycles. The zero-order valence-electron chi connectivity index (χ0n) is 10.0. The monoisotopic (exact) mass is 255 g/mol. The van der Waals surface area contributed by atoms with Gasteiger partial charge < -0.3 is 4.74 Å². The van der Waals surface area contributed by atoms with E-state index in [1.807, 2.05) is 12.1 Å². The lowest BCUT2D eigenvalue weighted by atomic mass is 10.1. The van der Waals surface area contributed by atoms with E-state index in [1.54, 1.807) is 24.8 Å². The number of ether oxygens (including phenoxy) is 1. The van der Waals surface area contributed by atoms with Crippen LogP contribution in [0, 0.1) is 0 Å². The van der Waals surface area contributed by atoms with Gasteiger partial charge >= 0.3 is 5.97 Å². The molecule has 0 fully saturated rings. The average molecular weight is 255 g/mol. The Morgan fingerprint density at radius 1 is 1.26 bits per heavy atom. The van der Waals surface area contributed by atoms with Crippen molar-refractivity contribution in [3.63, 3.8) is 0 Å². The summed E-state index contributed by atoms with van der Waals surface area (Å²) in [6.07, 6.45) is 6.80. The van der Waals surface area contributed by atoms with Crippen molar-refractivity contribution in [2.24, 2.45) is 0 Å². The fourth-order valence-electron chi connectivity index (χ4n) is 1.65. The lowest BCUT2D eigenvalue weighted by molar-refractivity contribution is 0.0587. The summed E-state index contributed by atoms with van der Waals surface area (Å²) in [6, 6.07) is 3.72. The number of esters is 1. The van der Waals surface area contributed by atoms with Gasteiger partial charge in [0.05, 0.1) is 7.11 Å². The summed E-state index contributed by atoms with van der Waals surface area (Å²) >= 11 is 0. The molecule has 0 aliphatic heterocycles. The Morgan fingerprint density at radius 2 is 2.05 bits per heavy atom. The van der Waals surface area contributed by atoms with E-state index in [4.69, 9.17) is 0 Å². The van der Waals surface area contributed by atoms with E-state index >= 15 is 0 Å². The molecule has 0 amide bonds. The molecule has 3 rings (SSSR count). The molecule has 19 heavy (non-hydrogen) atoms. The molecule has 0 aliphatic rings. The molecular weight excluding hydrogens is 246 g/mol.